The largest absolute Gasteiger partial charge is 0.374 e. The van der Waals surface area contributed by atoms with Gasteiger partial charge in [0.1, 0.15) is 6.23 Å². The molecule has 12 heteroatoms. The summed E-state index contributed by atoms with van der Waals surface area (Å²) in [7, 11) is 0. The molecule has 12 nitrogen and oxygen atoms in total. The molecule has 3 rings (SSSR count). The van der Waals surface area contributed by atoms with Crippen LogP contribution in [0.4, 0.5) is 0 Å². The lowest BCUT2D eigenvalue weighted by Gasteiger charge is -2.45. The van der Waals surface area contributed by atoms with Crippen LogP contribution in [-0.4, -0.2) is 134 Å². The third kappa shape index (κ3) is 16.2. The van der Waals surface area contributed by atoms with Gasteiger partial charge in [-0.2, -0.15) is 0 Å². The number of rotatable bonds is 20. The Morgan fingerprint density at radius 2 is 1.42 bits per heavy atom. The van der Waals surface area contributed by atoms with Gasteiger partial charge >= 0.3 is 0 Å². The molecule has 2 atom stereocenters. The topological polar surface area (TPSA) is 133 Å². The van der Waals surface area contributed by atoms with E-state index in [2.05, 4.69) is 91.4 Å². The predicted molar refractivity (Wildman–Crippen MR) is 241 cm³/mol. The Morgan fingerprint density at radius 3 is 2.05 bits per heavy atom. The average Bonchev–Trinajstić information content (AvgIpc) is 3.19. The second kappa shape index (κ2) is 23.6. The van der Waals surface area contributed by atoms with Gasteiger partial charge in [-0.1, -0.05) is 106 Å². The summed E-state index contributed by atoms with van der Waals surface area (Å²) in [5.41, 5.74) is 2.84. The maximum atomic E-state index is 13.9. The number of benzene rings is 2. The van der Waals surface area contributed by atoms with Crippen LogP contribution in [0.1, 0.15) is 116 Å². The van der Waals surface area contributed by atoms with E-state index in [4.69, 9.17) is 0 Å². The molecule has 2 aromatic carbocycles. The molecule has 1 aliphatic rings. The molecular weight excluding hydrogens is 741 g/mol. The fourth-order valence-electron chi connectivity index (χ4n) is 8.28. The van der Waals surface area contributed by atoms with Crippen LogP contribution in [0.15, 0.2) is 48.5 Å². The van der Waals surface area contributed by atoms with E-state index in [9.17, 15) is 19.5 Å². The van der Waals surface area contributed by atoms with Crippen LogP contribution in [0.25, 0.3) is 0 Å². The van der Waals surface area contributed by atoms with Crippen LogP contribution in [0, 0.1) is 16.2 Å². The number of likely N-dealkylation sites (N-methyl/N-ethyl adjacent to an activating group) is 2. The predicted octanol–water partition coefficient (Wildman–Crippen LogP) is 5.09. The number of carbonyl (C=O) groups excluding carboxylic acids is 3. The van der Waals surface area contributed by atoms with E-state index in [0.717, 1.165) is 82.1 Å². The van der Waals surface area contributed by atoms with Crippen molar-refractivity contribution in [1.29, 1.82) is 0 Å². The molecule has 2 unspecified atom stereocenters. The van der Waals surface area contributed by atoms with Crippen molar-refractivity contribution in [1.82, 2.24) is 40.9 Å². The summed E-state index contributed by atoms with van der Waals surface area (Å²) in [6.45, 7) is 34.0. The van der Waals surface area contributed by atoms with E-state index in [0.29, 0.717) is 50.7 Å². The van der Waals surface area contributed by atoms with Gasteiger partial charge in [0.15, 0.2) is 0 Å². The van der Waals surface area contributed by atoms with Crippen molar-refractivity contribution in [2.75, 3.05) is 85.1 Å². The Balaban J connectivity index is 1.59. The van der Waals surface area contributed by atoms with Crippen LogP contribution >= 0.6 is 0 Å². The van der Waals surface area contributed by atoms with Crippen molar-refractivity contribution in [2.24, 2.45) is 16.2 Å². The van der Waals surface area contributed by atoms with Gasteiger partial charge in [-0.05, 0) is 72.3 Å². The fraction of sp³-hybridized carbons (Fsp3) is 0.681. The van der Waals surface area contributed by atoms with Crippen LogP contribution in [0.3, 0.4) is 0 Å². The number of aliphatic hydroxyl groups excluding tert-OH is 1. The number of nitrogens with one attached hydrogen (secondary N) is 4. The first kappa shape index (κ1) is 50.0. The number of amides is 3. The highest BCUT2D eigenvalue weighted by Crippen LogP contribution is 2.34. The Labute approximate surface area is 357 Å². The molecular formula is C47H80N8O4. The molecule has 0 radical (unpaired) electrons. The molecule has 2 aromatic rings. The molecule has 0 bridgehead atoms. The van der Waals surface area contributed by atoms with Gasteiger partial charge in [0.25, 0.3) is 5.91 Å². The van der Waals surface area contributed by atoms with Crippen molar-refractivity contribution < 1.29 is 19.5 Å². The van der Waals surface area contributed by atoms with Crippen molar-refractivity contribution in [3.63, 3.8) is 0 Å². The van der Waals surface area contributed by atoms with Crippen molar-refractivity contribution in [2.45, 2.75) is 108 Å². The highest BCUT2D eigenvalue weighted by molar-refractivity contribution is 5.94. The molecule has 0 saturated carbocycles. The molecule has 1 aliphatic heterocycles. The zero-order valence-corrected chi connectivity index (χ0v) is 38.5. The highest BCUT2D eigenvalue weighted by atomic mass is 16.3. The Hall–Kier alpha value is -3.39. The molecule has 1 heterocycles. The summed E-state index contributed by atoms with van der Waals surface area (Å²) in [5.74, 6) is -0.142. The molecule has 0 aliphatic carbocycles. The lowest BCUT2D eigenvalue weighted by molar-refractivity contribution is -0.130. The summed E-state index contributed by atoms with van der Waals surface area (Å²) in [4.78, 5) is 47.7. The van der Waals surface area contributed by atoms with Crippen molar-refractivity contribution in [3.8, 4) is 0 Å². The second-order valence-electron chi connectivity index (χ2n) is 18.8. The minimum Gasteiger partial charge on any atom is -0.374 e. The number of nitrogens with zero attached hydrogens (tertiary/aromatic N) is 4. The van der Waals surface area contributed by atoms with Gasteiger partial charge < -0.3 is 41.1 Å². The van der Waals surface area contributed by atoms with Gasteiger partial charge in [-0.25, -0.2) is 0 Å². The Bertz CT molecular complexity index is 1600. The van der Waals surface area contributed by atoms with E-state index >= 15 is 0 Å². The zero-order chi connectivity index (χ0) is 43.8. The first-order valence-electron chi connectivity index (χ1n) is 22.1. The molecule has 59 heavy (non-hydrogen) atoms. The van der Waals surface area contributed by atoms with Gasteiger partial charge in [0, 0.05) is 95.9 Å². The van der Waals surface area contributed by atoms with E-state index in [1.54, 1.807) is 0 Å². The lowest BCUT2D eigenvalue weighted by atomic mass is 9.70. The van der Waals surface area contributed by atoms with Gasteiger partial charge in [-0.15, -0.1) is 0 Å². The molecule has 5 N–H and O–H groups in total. The van der Waals surface area contributed by atoms with Gasteiger partial charge in [-0.3, -0.25) is 19.3 Å². The van der Waals surface area contributed by atoms with Gasteiger partial charge in [0.05, 0.1) is 0 Å². The molecule has 1 fully saturated rings. The van der Waals surface area contributed by atoms with Crippen LogP contribution in [0.2, 0.25) is 0 Å². The summed E-state index contributed by atoms with van der Waals surface area (Å²) >= 11 is 0. The molecule has 3 amide bonds. The fourth-order valence-corrected chi connectivity index (χ4v) is 8.28. The van der Waals surface area contributed by atoms with Crippen LogP contribution in [0.5, 0.6) is 0 Å². The van der Waals surface area contributed by atoms with E-state index in [-0.39, 0.29) is 28.6 Å². The monoisotopic (exact) mass is 821 g/mol. The maximum Gasteiger partial charge on any atom is 0.253 e. The first-order chi connectivity index (χ1) is 27.8. The quantitative estimate of drug-likeness (QED) is 0.124. The van der Waals surface area contributed by atoms with E-state index in [1.165, 1.54) is 6.92 Å². The Kier molecular flexibility index (Phi) is 20.0. The van der Waals surface area contributed by atoms with Gasteiger partial charge in [0.2, 0.25) is 11.8 Å². The van der Waals surface area contributed by atoms with E-state index < -0.39 is 11.6 Å². The first-order valence-corrected chi connectivity index (χ1v) is 22.1. The third-order valence-electron chi connectivity index (χ3n) is 12.0. The molecule has 0 aromatic heterocycles. The normalized spacial score (nSPS) is 17.4. The second-order valence-corrected chi connectivity index (χ2v) is 18.8. The van der Waals surface area contributed by atoms with Crippen molar-refractivity contribution in [3.05, 3.63) is 70.8 Å². The molecule has 332 valence electrons. The standard InChI is InChI=1S/C47H80N8O4/c1-12-52(13-2)27-29-55(42(58)40-20-15-17-37(31-40)33-50-36(4)56)30-28-53(14-3)24-21-46(8,9)44(59)51-34-38-18-16-19-39(32-38)41(57)54-25-22-48-35-47(10,11)43(45(5,6)7)49-23-26-54/h15-20,31-32,41,43,48-49,57H,12-14,21-30,33-35H2,1-11H3,(H,50,56)(H,51,59). The number of hydrogen-bond donors (Lipinski definition) is 5. The Morgan fingerprint density at radius 1 is 0.831 bits per heavy atom. The number of hydrogen-bond acceptors (Lipinski definition) is 9. The highest BCUT2D eigenvalue weighted by Gasteiger charge is 2.38. The maximum absolute atomic E-state index is 13.9. The average molecular weight is 821 g/mol. The summed E-state index contributed by atoms with van der Waals surface area (Å²) in [5, 5.41) is 25.0. The van der Waals surface area contributed by atoms with E-state index in [1.807, 2.05) is 67.3 Å². The third-order valence-corrected chi connectivity index (χ3v) is 12.0. The minimum atomic E-state index is -0.755. The lowest BCUT2D eigenvalue weighted by Crippen LogP contribution is -2.57. The SMILES string of the molecule is CCN(CC)CCN(CCN(CC)CCC(C)(C)C(=O)NCc1cccc(C(O)N2CCNCC(C)(C)C(C(C)(C)C)NCC2)c1)C(=O)c1cccc(CNC(C)=O)c1. The van der Waals surface area contributed by atoms with Crippen LogP contribution < -0.4 is 21.3 Å². The molecule has 0 spiro atoms. The van der Waals surface area contributed by atoms with Crippen LogP contribution in [-0.2, 0) is 22.7 Å². The van der Waals surface area contributed by atoms with Crippen molar-refractivity contribution >= 4 is 17.7 Å². The summed E-state index contributed by atoms with van der Waals surface area (Å²) in [6.07, 6.45) is -0.0937. The smallest absolute Gasteiger partial charge is 0.253 e. The molecule has 1 saturated heterocycles. The summed E-state index contributed by atoms with van der Waals surface area (Å²) in [6, 6.07) is 15.7. The number of carbonyl (C=O) groups is 3. The zero-order valence-electron chi connectivity index (χ0n) is 38.5. The minimum absolute atomic E-state index is 0.0146. The summed E-state index contributed by atoms with van der Waals surface area (Å²) < 4.78 is 0. The number of aliphatic hydroxyl groups is 1.